The Balaban J connectivity index is 2.12. The van der Waals surface area contributed by atoms with Crippen LogP contribution >= 0.6 is 0 Å². The van der Waals surface area contributed by atoms with E-state index in [2.05, 4.69) is 14.7 Å². The second-order valence-corrected chi connectivity index (χ2v) is 3.45. The van der Waals surface area contributed by atoms with Gasteiger partial charge < -0.3 is 9.72 Å². The topological polar surface area (TPSA) is 55.0 Å². The maximum atomic E-state index is 11.9. The average molecular weight is 216 g/mol. The molecule has 1 aliphatic carbocycles. The lowest BCUT2D eigenvalue weighted by Crippen LogP contribution is -2.14. The SMILES string of the molecule is O=c1cc(OCC(F)F)nc(C2CC2)[nH]1. The molecule has 1 aliphatic rings. The van der Waals surface area contributed by atoms with Gasteiger partial charge in [-0.1, -0.05) is 0 Å². The summed E-state index contributed by atoms with van der Waals surface area (Å²) in [7, 11) is 0. The molecule has 0 spiro atoms. The number of aromatic amines is 1. The van der Waals surface area contributed by atoms with Gasteiger partial charge in [-0.2, -0.15) is 4.98 Å². The Labute approximate surface area is 84.3 Å². The summed E-state index contributed by atoms with van der Waals surface area (Å²) in [6.07, 6.45) is -0.613. The second kappa shape index (κ2) is 3.96. The van der Waals surface area contributed by atoms with Crippen LogP contribution in [0.5, 0.6) is 5.88 Å². The van der Waals surface area contributed by atoms with Crippen LogP contribution in [0.15, 0.2) is 10.9 Å². The van der Waals surface area contributed by atoms with Gasteiger partial charge in [0.15, 0.2) is 6.61 Å². The van der Waals surface area contributed by atoms with Crippen LogP contribution in [0.1, 0.15) is 24.6 Å². The van der Waals surface area contributed by atoms with Crippen LogP contribution in [0.25, 0.3) is 0 Å². The number of rotatable bonds is 4. The minimum atomic E-state index is -2.56. The lowest BCUT2D eigenvalue weighted by Gasteiger charge is -2.05. The minimum Gasteiger partial charge on any atom is -0.471 e. The van der Waals surface area contributed by atoms with Crippen molar-refractivity contribution >= 4 is 0 Å². The highest BCUT2D eigenvalue weighted by Crippen LogP contribution is 2.37. The summed E-state index contributed by atoms with van der Waals surface area (Å²) in [6, 6.07) is 1.08. The van der Waals surface area contributed by atoms with Crippen molar-refractivity contribution < 1.29 is 13.5 Å². The standard InChI is InChI=1S/C9H10F2N2O2/c10-6(11)4-15-8-3-7(14)12-9(13-8)5-1-2-5/h3,5-6H,1-2,4H2,(H,12,13,14). The quantitative estimate of drug-likeness (QED) is 0.825. The molecule has 0 aromatic carbocycles. The van der Waals surface area contributed by atoms with Crippen molar-refractivity contribution in [1.29, 1.82) is 0 Å². The summed E-state index contributed by atoms with van der Waals surface area (Å²) in [4.78, 5) is 17.6. The van der Waals surface area contributed by atoms with Gasteiger partial charge in [-0.05, 0) is 12.8 Å². The maximum absolute atomic E-state index is 11.9. The highest BCUT2D eigenvalue weighted by molar-refractivity contribution is 5.14. The van der Waals surface area contributed by atoms with E-state index < -0.39 is 13.0 Å². The molecule has 1 heterocycles. The third-order valence-corrected chi connectivity index (χ3v) is 2.06. The first-order valence-corrected chi connectivity index (χ1v) is 4.67. The van der Waals surface area contributed by atoms with Gasteiger partial charge in [-0.15, -0.1) is 0 Å². The van der Waals surface area contributed by atoms with Crippen LogP contribution in [-0.2, 0) is 0 Å². The van der Waals surface area contributed by atoms with E-state index in [1.165, 1.54) is 0 Å². The smallest absolute Gasteiger partial charge is 0.272 e. The van der Waals surface area contributed by atoms with E-state index in [-0.39, 0.29) is 17.4 Å². The third kappa shape index (κ3) is 2.74. The zero-order valence-corrected chi connectivity index (χ0v) is 7.87. The lowest BCUT2D eigenvalue weighted by molar-refractivity contribution is 0.0793. The number of nitrogens with one attached hydrogen (secondary N) is 1. The summed E-state index contributed by atoms with van der Waals surface area (Å²) < 4.78 is 28.4. The van der Waals surface area contributed by atoms with Gasteiger partial charge in [0.1, 0.15) is 5.82 Å². The number of H-pyrrole nitrogens is 1. The van der Waals surface area contributed by atoms with Crippen LogP contribution in [0.2, 0.25) is 0 Å². The molecule has 2 rings (SSSR count). The number of nitrogens with zero attached hydrogens (tertiary/aromatic N) is 1. The van der Waals surface area contributed by atoms with Gasteiger partial charge >= 0.3 is 0 Å². The van der Waals surface area contributed by atoms with Crippen LogP contribution in [0.4, 0.5) is 8.78 Å². The number of aromatic nitrogens is 2. The summed E-state index contributed by atoms with van der Waals surface area (Å²) in [5.41, 5.74) is -0.365. The average Bonchev–Trinajstić information content (AvgIpc) is 2.97. The first kappa shape index (κ1) is 10.1. The zero-order valence-electron chi connectivity index (χ0n) is 7.87. The molecule has 1 saturated carbocycles. The van der Waals surface area contributed by atoms with Crippen molar-refractivity contribution in [1.82, 2.24) is 9.97 Å². The van der Waals surface area contributed by atoms with E-state index in [1.54, 1.807) is 0 Å². The molecular formula is C9H10F2N2O2. The van der Waals surface area contributed by atoms with Gasteiger partial charge in [0, 0.05) is 5.92 Å². The molecule has 0 atom stereocenters. The predicted octanol–water partition coefficient (Wildman–Crippen LogP) is 1.29. The Bertz CT molecular complexity index is 401. The monoisotopic (exact) mass is 216 g/mol. The Morgan fingerprint density at radius 2 is 2.33 bits per heavy atom. The number of ether oxygens (including phenoxy) is 1. The van der Waals surface area contributed by atoms with Crippen molar-refractivity contribution in [3.63, 3.8) is 0 Å². The minimum absolute atomic E-state index is 0.0269. The fraction of sp³-hybridized carbons (Fsp3) is 0.556. The van der Waals surface area contributed by atoms with Crippen molar-refractivity contribution in [2.75, 3.05) is 6.61 Å². The lowest BCUT2D eigenvalue weighted by atomic mass is 10.4. The molecule has 1 fully saturated rings. The van der Waals surface area contributed by atoms with Crippen LogP contribution in [-0.4, -0.2) is 23.0 Å². The first-order chi connectivity index (χ1) is 7.15. The third-order valence-electron chi connectivity index (χ3n) is 2.06. The van der Waals surface area contributed by atoms with Gasteiger partial charge in [-0.25, -0.2) is 8.78 Å². The van der Waals surface area contributed by atoms with E-state index in [0.717, 1.165) is 18.9 Å². The number of hydrogen-bond donors (Lipinski definition) is 1. The van der Waals surface area contributed by atoms with Crippen molar-refractivity contribution in [2.45, 2.75) is 25.2 Å². The van der Waals surface area contributed by atoms with Crippen molar-refractivity contribution in [3.05, 3.63) is 22.2 Å². The second-order valence-electron chi connectivity index (χ2n) is 3.45. The molecule has 1 aromatic rings. The van der Waals surface area contributed by atoms with Crippen molar-refractivity contribution in [3.8, 4) is 5.88 Å². The maximum Gasteiger partial charge on any atom is 0.272 e. The molecule has 0 saturated heterocycles. The van der Waals surface area contributed by atoms with E-state index in [9.17, 15) is 13.6 Å². The van der Waals surface area contributed by atoms with Gasteiger partial charge in [0.2, 0.25) is 5.88 Å². The molecule has 0 aliphatic heterocycles. The highest BCUT2D eigenvalue weighted by Gasteiger charge is 2.26. The molecule has 15 heavy (non-hydrogen) atoms. The Morgan fingerprint density at radius 3 is 2.93 bits per heavy atom. The van der Waals surface area contributed by atoms with Crippen LogP contribution < -0.4 is 10.3 Å². The number of alkyl halides is 2. The fourth-order valence-corrected chi connectivity index (χ4v) is 1.23. The molecule has 6 heteroatoms. The van der Waals surface area contributed by atoms with Gasteiger partial charge in [-0.3, -0.25) is 4.79 Å². The Kier molecular flexibility index (Phi) is 2.66. The first-order valence-electron chi connectivity index (χ1n) is 4.67. The van der Waals surface area contributed by atoms with E-state index >= 15 is 0 Å². The van der Waals surface area contributed by atoms with Gasteiger partial charge in [0.25, 0.3) is 12.0 Å². The molecule has 1 aromatic heterocycles. The largest absolute Gasteiger partial charge is 0.471 e. The summed E-state index contributed by atoms with van der Waals surface area (Å²) >= 11 is 0. The summed E-state index contributed by atoms with van der Waals surface area (Å²) in [6.45, 7) is -0.736. The molecule has 82 valence electrons. The highest BCUT2D eigenvalue weighted by atomic mass is 19.3. The molecule has 0 unspecified atom stereocenters. The molecule has 0 bridgehead atoms. The zero-order chi connectivity index (χ0) is 10.8. The van der Waals surface area contributed by atoms with E-state index in [0.29, 0.717) is 5.82 Å². The van der Waals surface area contributed by atoms with Gasteiger partial charge in [0.05, 0.1) is 6.07 Å². The summed E-state index contributed by atoms with van der Waals surface area (Å²) in [5, 5.41) is 0. The molecule has 0 amide bonds. The number of halogens is 2. The van der Waals surface area contributed by atoms with E-state index in [4.69, 9.17) is 0 Å². The summed E-state index contributed by atoms with van der Waals surface area (Å²) in [5.74, 6) is 0.764. The molecule has 4 nitrogen and oxygen atoms in total. The fourth-order valence-electron chi connectivity index (χ4n) is 1.23. The van der Waals surface area contributed by atoms with E-state index in [1.807, 2.05) is 0 Å². The van der Waals surface area contributed by atoms with Crippen LogP contribution in [0, 0.1) is 0 Å². The molecule has 0 radical (unpaired) electrons. The molecule has 1 N–H and O–H groups in total. The van der Waals surface area contributed by atoms with Crippen LogP contribution in [0.3, 0.4) is 0 Å². The Morgan fingerprint density at radius 1 is 1.60 bits per heavy atom. The normalized spacial score (nSPS) is 15.7. The predicted molar refractivity (Wildman–Crippen MR) is 48.3 cm³/mol. The Hall–Kier alpha value is -1.46. The molecular weight excluding hydrogens is 206 g/mol. The van der Waals surface area contributed by atoms with Crippen molar-refractivity contribution in [2.24, 2.45) is 0 Å². The number of hydrogen-bond acceptors (Lipinski definition) is 3.